The van der Waals surface area contributed by atoms with E-state index in [1.807, 2.05) is 0 Å². The highest BCUT2D eigenvalue weighted by atomic mass is 35.5. The standard InChI is InChI=1S/C15H18ClNO4/c1-21-13-6-5-11(16)8-10(13)9-14(18)17-7-3-2-4-12(17)15(19)20/h5-6,8,12H,2-4,7,9H2,1H3,(H,19,20)/t12-/m0/s1. The first-order valence-corrected chi connectivity index (χ1v) is 7.25. The molecule has 0 bridgehead atoms. The Hall–Kier alpha value is -1.75. The third kappa shape index (κ3) is 3.67. The molecule has 0 aliphatic carbocycles. The molecule has 0 radical (unpaired) electrons. The molecule has 1 heterocycles. The first-order chi connectivity index (χ1) is 10.0. The number of carboxylic acid groups (broad SMARTS) is 1. The molecule has 6 heteroatoms. The van der Waals surface area contributed by atoms with E-state index in [1.165, 1.54) is 12.0 Å². The maximum atomic E-state index is 12.4. The molecule has 1 N–H and O–H groups in total. The summed E-state index contributed by atoms with van der Waals surface area (Å²) in [4.78, 5) is 25.1. The molecule has 5 nitrogen and oxygen atoms in total. The lowest BCUT2D eigenvalue weighted by Crippen LogP contribution is -2.48. The lowest BCUT2D eigenvalue weighted by molar-refractivity contribution is -0.151. The number of hydrogen-bond acceptors (Lipinski definition) is 3. The molecule has 114 valence electrons. The summed E-state index contributed by atoms with van der Waals surface area (Å²) in [6.45, 7) is 0.485. The van der Waals surface area contributed by atoms with Gasteiger partial charge >= 0.3 is 5.97 Å². The third-order valence-electron chi connectivity index (χ3n) is 3.69. The third-order valence-corrected chi connectivity index (χ3v) is 3.93. The van der Waals surface area contributed by atoms with Gasteiger partial charge in [0.2, 0.25) is 5.91 Å². The van der Waals surface area contributed by atoms with Crippen molar-refractivity contribution in [2.75, 3.05) is 13.7 Å². The molecule has 1 aromatic rings. The van der Waals surface area contributed by atoms with Crippen molar-refractivity contribution in [3.8, 4) is 5.75 Å². The normalized spacial score (nSPS) is 18.4. The fourth-order valence-electron chi connectivity index (χ4n) is 2.64. The Morgan fingerprint density at radius 1 is 1.43 bits per heavy atom. The number of carboxylic acids is 1. The van der Waals surface area contributed by atoms with E-state index in [1.54, 1.807) is 18.2 Å². The van der Waals surface area contributed by atoms with E-state index in [-0.39, 0.29) is 12.3 Å². The van der Waals surface area contributed by atoms with Crippen molar-refractivity contribution < 1.29 is 19.4 Å². The van der Waals surface area contributed by atoms with Crippen LogP contribution in [-0.4, -0.2) is 41.6 Å². The highest BCUT2D eigenvalue weighted by Crippen LogP contribution is 2.25. The number of carbonyl (C=O) groups excluding carboxylic acids is 1. The molecule has 1 amide bonds. The lowest BCUT2D eigenvalue weighted by Gasteiger charge is -2.33. The number of piperidine rings is 1. The molecule has 0 aromatic heterocycles. The summed E-state index contributed by atoms with van der Waals surface area (Å²) in [5, 5.41) is 9.75. The van der Waals surface area contributed by atoms with E-state index in [0.717, 1.165) is 12.8 Å². The number of nitrogens with zero attached hydrogens (tertiary/aromatic N) is 1. The van der Waals surface area contributed by atoms with Gasteiger partial charge in [-0.1, -0.05) is 11.6 Å². The van der Waals surface area contributed by atoms with Crippen molar-refractivity contribution in [1.82, 2.24) is 4.90 Å². The van der Waals surface area contributed by atoms with Gasteiger partial charge in [-0.05, 0) is 37.5 Å². The number of ether oxygens (including phenoxy) is 1. The SMILES string of the molecule is COc1ccc(Cl)cc1CC(=O)N1CCCC[C@H]1C(=O)O. The molecule has 1 aromatic carbocycles. The lowest BCUT2D eigenvalue weighted by atomic mass is 10.0. The minimum Gasteiger partial charge on any atom is -0.496 e. The molecule has 1 fully saturated rings. The van der Waals surface area contributed by atoms with E-state index in [2.05, 4.69) is 0 Å². The quantitative estimate of drug-likeness (QED) is 0.927. The topological polar surface area (TPSA) is 66.8 Å². The van der Waals surface area contributed by atoms with Gasteiger partial charge in [-0.15, -0.1) is 0 Å². The van der Waals surface area contributed by atoms with Crippen LogP contribution in [0.2, 0.25) is 5.02 Å². The first kappa shape index (κ1) is 15.6. The van der Waals surface area contributed by atoms with Crippen LogP contribution in [0.1, 0.15) is 24.8 Å². The molecule has 1 saturated heterocycles. The molecule has 0 spiro atoms. The minimum absolute atomic E-state index is 0.0908. The summed E-state index contributed by atoms with van der Waals surface area (Å²) < 4.78 is 5.22. The molecular weight excluding hydrogens is 294 g/mol. The highest BCUT2D eigenvalue weighted by Gasteiger charge is 2.32. The summed E-state index contributed by atoms with van der Waals surface area (Å²) in [7, 11) is 1.53. The van der Waals surface area contributed by atoms with Crippen molar-refractivity contribution in [1.29, 1.82) is 0 Å². The van der Waals surface area contributed by atoms with Crippen LogP contribution in [0.3, 0.4) is 0 Å². The maximum Gasteiger partial charge on any atom is 0.326 e. The Balaban J connectivity index is 2.16. The maximum absolute atomic E-state index is 12.4. The number of amides is 1. The number of likely N-dealkylation sites (tertiary alicyclic amines) is 1. The average Bonchev–Trinajstić information content (AvgIpc) is 2.47. The Labute approximate surface area is 128 Å². The van der Waals surface area contributed by atoms with E-state index in [9.17, 15) is 14.7 Å². The van der Waals surface area contributed by atoms with Gasteiger partial charge in [0.15, 0.2) is 0 Å². The second-order valence-corrected chi connectivity index (χ2v) is 5.51. The van der Waals surface area contributed by atoms with Gasteiger partial charge in [0, 0.05) is 17.1 Å². The van der Waals surface area contributed by atoms with Crippen LogP contribution >= 0.6 is 11.6 Å². The van der Waals surface area contributed by atoms with Crippen LogP contribution in [0.4, 0.5) is 0 Å². The minimum atomic E-state index is -0.943. The van der Waals surface area contributed by atoms with Gasteiger partial charge < -0.3 is 14.7 Å². The highest BCUT2D eigenvalue weighted by molar-refractivity contribution is 6.30. The van der Waals surface area contributed by atoms with Gasteiger partial charge in [0.05, 0.1) is 13.5 Å². The largest absolute Gasteiger partial charge is 0.496 e. The smallest absolute Gasteiger partial charge is 0.326 e. The van der Waals surface area contributed by atoms with Gasteiger partial charge in [-0.3, -0.25) is 4.79 Å². The number of benzene rings is 1. The summed E-state index contributed by atoms with van der Waals surface area (Å²) in [6.07, 6.45) is 2.27. The number of hydrogen-bond donors (Lipinski definition) is 1. The summed E-state index contributed by atoms with van der Waals surface area (Å²) >= 11 is 5.95. The molecule has 1 aliphatic rings. The van der Waals surface area contributed by atoms with Crippen LogP contribution in [-0.2, 0) is 16.0 Å². The Morgan fingerprint density at radius 3 is 2.86 bits per heavy atom. The number of carbonyl (C=O) groups is 2. The average molecular weight is 312 g/mol. The summed E-state index contributed by atoms with van der Waals surface area (Å²) in [5.74, 6) is -0.569. The zero-order chi connectivity index (χ0) is 15.4. The van der Waals surface area contributed by atoms with Crippen molar-refractivity contribution in [3.05, 3.63) is 28.8 Å². The zero-order valence-corrected chi connectivity index (χ0v) is 12.6. The van der Waals surface area contributed by atoms with E-state index < -0.39 is 12.0 Å². The number of rotatable bonds is 4. The summed E-state index contributed by atoms with van der Waals surface area (Å²) in [5.41, 5.74) is 0.671. The molecule has 1 aliphatic heterocycles. The molecule has 0 saturated carbocycles. The second kappa shape index (κ2) is 6.80. The summed E-state index contributed by atoms with van der Waals surface area (Å²) in [6, 6.07) is 4.35. The molecule has 2 rings (SSSR count). The van der Waals surface area contributed by atoms with Crippen molar-refractivity contribution >= 4 is 23.5 Å². The monoisotopic (exact) mass is 311 g/mol. The Morgan fingerprint density at radius 2 is 2.19 bits per heavy atom. The van der Waals surface area contributed by atoms with Gasteiger partial charge in [0.25, 0.3) is 0 Å². The van der Waals surface area contributed by atoms with E-state index in [4.69, 9.17) is 16.3 Å². The van der Waals surface area contributed by atoms with E-state index in [0.29, 0.717) is 29.3 Å². The van der Waals surface area contributed by atoms with Crippen LogP contribution in [0.15, 0.2) is 18.2 Å². The van der Waals surface area contributed by atoms with Crippen LogP contribution in [0.25, 0.3) is 0 Å². The second-order valence-electron chi connectivity index (χ2n) is 5.07. The van der Waals surface area contributed by atoms with Crippen LogP contribution < -0.4 is 4.74 Å². The van der Waals surface area contributed by atoms with Crippen LogP contribution in [0, 0.1) is 0 Å². The van der Waals surface area contributed by atoms with Crippen molar-refractivity contribution in [2.24, 2.45) is 0 Å². The van der Waals surface area contributed by atoms with Crippen LogP contribution in [0.5, 0.6) is 5.75 Å². The van der Waals surface area contributed by atoms with Gasteiger partial charge in [0.1, 0.15) is 11.8 Å². The Kier molecular flexibility index (Phi) is 5.07. The predicted octanol–water partition coefficient (Wildman–Crippen LogP) is 2.36. The molecule has 21 heavy (non-hydrogen) atoms. The predicted molar refractivity (Wildman–Crippen MR) is 78.7 cm³/mol. The Bertz CT molecular complexity index is 546. The van der Waals surface area contributed by atoms with E-state index >= 15 is 0 Å². The van der Waals surface area contributed by atoms with Crippen molar-refractivity contribution in [2.45, 2.75) is 31.7 Å². The van der Waals surface area contributed by atoms with Crippen molar-refractivity contribution in [3.63, 3.8) is 0 Å². The first-order valence-electron chi connectivity index (χ1n) is 6.87. The number of aliphatic carboxylic acids is 1. The van der Waals surface area contributed by atoms with Gasteiger partial charge in [-0.2, -0.15) is 0 Å². The number of halogens is 1. The molecule has 1 atom stereocenters. The molecular formula is C15H18ClNO4. The number of methoxy groups -OCH3 is 1. The fraction of sp³-hybridized carbons (Fsp3) is 0.467. The fourth-order valence-corrected chi connectivity index (χ4v) is 2.83. The van der Waals surface area contributed by atoms with Gasteiger partial charge in [-0.25, -0.2) is 4.79 Å². The molecule has 0 unspecified atom stereocenters. The zero-order valence-electron chi connectivity index (χ0n) is 11.8.